The van der Waals surface area contributed by atoms with E-state index in [1.54, 1.807) is 18.3 Å². The van der Waals surface area contributed by atoms with Gasteiger partial charge in [0, 0.05) is 11.8 Å². The number of aromatic nitrogens is 2. The minimum absolute atomic E-state index is 0.169. The van der Waals surface area contributed by atoms with Crippen molar-refractivity contribution in [1.82, 2.24) is 10.2 Å². The third-order valence-electron chi connectivity index (χ3n) is 3.55. The van der Waals surface area contributed by atoms with E-state index in [2.05, 4.69) is 10.2 Å². The second-order valence-corrected chi connectivity index (χ2v) is 4.90. The van der Waals surface area contributed by atoms with E-state index in [-0.39, 0.29) is 12.2 Å². The van der Waals surface area contributed by atoms with Crippen molar-refractivity contribution in [2.45, 2.75) is 6.61 Å². The number of hydrogen-bond acceptors (Lipinski definition) is 3. The van der Waals surface area contributed by atoms with Crippen molar-refractivity contribution in [3.8, 4) is 22.3 Å². The van der Waals surface area contributed by atoms with Gasteiger partial charge in [-0.3, -0.25) is 5.10 Å². The number of nitrogens with one attached hydrogen (secondary N) is 1. The van der Waals surface area contributed by atoms with E-state index in [1.165, 1.54) is 6.07 Å². The minimum Gasteiger partial charge on any atom is -0.478 e. The molecule has 0 fully saturated rings. The van der Waals surface area contributed by atoms with Crippen LogP contribution in [-0.2, 0) is 6.61 Å². The number of nitrogens with zero attached hydrogens (tertiary/aromatic N) is 1. The lowest BCUT2D eigenvalue weighted by atomic mass is 9.96. The average Bonchev–Trinajstić information content (AvgIpc) is 3.09. The molecule has 110 valence electrons. The fourth-order valence-corrected chi connectivity index (χ4v) is 2.39. The van der Waals surface area contributed by atoms with Crippen LogP contribution in [0.5, 0.6) is 0 Å². The van der Waals surface area contributed by atoms with E-state index in [4.69, 9.17) is 5.11 Å². The zero-order chi connectivity index (χ0) is 15.5. The second-order valence-electron chi connectivity index (χ2n) is 4.90. The first-order valence-corrected chi connectivity index (χ1v) is 6.75. The predicted molar refractivity (Wildman–Crippen MR) is 82.3 cm³/mol. The topological polar surface area (TPSA) is 86.2 Å². The molecule has 1 aromatic heterocycles. The molecule has 0 aliphatic rings. The molecule has 0 spiro atoms. The molecule has 0 saturated carbocycles. The van der Waals surface area contributed by atoms with Gasteiger partial charge in [-0.25, -0.2) is 4.79 Å². The van der Waals surface area contributed by atoms with Crippen LogP contribution in [-0.4, -0.2) is 26.4 Å². The van der Waals surface area contributed by atoms with Crippen molar-refractivity contribution in [2.75, 3.05) is 0 Å². The Morgan fingerprint density at radius 2 is 1.77 bits per heavy atom. The van der Waals surface area contributed by atoms with Crippen LogP contribution in [0.2, 0.25) is 0 Å². The number of aromatic carboxylic acids is 1. The van der Waals surface area contributed by atoms with Crippen LogP contribution >= 0.6 is 0 Å². The summed E-state index contributed by atoms with van der Waals surface area (Å²) < 4.78 is 0. The Morgan fingerprint density at radius 1 is 1.05 bits per heavy atom. The van der Waals surface area contributed by atoms with Crippen LogP contribution in [0, 0.1) is 0 Å². The average molecular weight is 294 g/mol. The third kappa shape index (κ3) is 2.62. The van der Waals surface area contributed by atoms with Crippen molar-refractivity contribution in [3.63, 3.8) is 0 Å². The molecule has 3 rings (SSSR count). The molecular formula is C17H14N2O3. The van der Waals surface area contributed by atoms with E-state index in [0.717, 1.165) is 22.3 Å². The van der Waals surface area contributed by atoms with Crippen molar-refractivity contribution >= 4 is 5.97 Å². The van der Waals surface area contributed by atoms with E-state index < -0.39 is 5.97 Å². The summed E-state index contributed by atoms with van der Waals surface area (Å²) in [4.78, 5) is 11.0. The van der Waals surface area contributed by atoms with E-state index >= 15 is 0 Å². The smallest absolute Gasteiger partial charge is 0.335 e. The van der Waals surface area contributed by atoms with Crippen LogP contribution in [0.25, 0.3) is 22.3 Å². The monoisotopic (exact) mass is 294 g/mol. The maximum Gasteiger partial charge on any atom is 0.335 e. The number of carboxylic acids is 1. The lowest BCUT2D eigenvalue weighted by Gasteiger charge is -2.09. The molecule has 3 N–H and O–H groups in total. The fraction of sp³-hybridized carbons (Fsp3) is 0.0588. The molecule has 5 heteroatoms. The Hall–Kier alpha value is -2.92. The number of rotatable bonds is 4. The lowest BCUT2D eigenvalue weighted by Crippen LogP contribution is -1.99. The van der Waals surface area contributed by atoms with Gasteiger partial charge in [-0.1, -0.05) is 30.3 Å². The molecule has 0 atom stereocenters. The fourth-order valence-electron chi connectivity index (χ4n) is 2.39. The normalized spacial score (nSPS) is 10.6. The lowest BCUT2D eigenvalue weighted by molar-refractivity contribution is 0.0696. The van der Waals surface area contributed by atoms with Gasteiger partial charge in [0.25, 0.3) is 0 Å². The number of benzene rings is 2. The summed E-state index contributed by atoms with van der Waals surface area (Å²) in [5, 5.41) is 25.2. The molecule has 5 nitrogen and oxygen atoms in total. The van der Waals surface area contributed by atoms with Gasteiger partial charge in [-0.15, -0.1) is 0 Å². The quantitative estimate of drug-likeness (QED) is 0.690. The van der Waals surface area contributed by atoms with Gasteiger partial charge < -0.3 is 10.2 Å². The third-order valence-corrected chi connectivity index (χ3v) is 3.55. The summed E-state index contributed by atoms with van der Waals surface area (Å²) in [5.41, 5.74) is 4.54. The first-order chi connectivity index (χ1) is 10.7. The Bertz CT molecular complexity index is 793. The summed E-state index contributed by atoms with van der Waals surface area (Å²) >= 11 is 0. The van der Waals surface area contributed by atoms with Gasteiger partial charge in [-0.2, -0.15) is 5.10 Å². The Kier molecular flexibility index (Phi) is 3.72. The summed E-state index contributed by atoms with van der Waals surface area (Å²) in [6, 6.07) is 12.6. The first-order valence-electron chi connectivity index (χ1n) is 6.75. The van der Waals surface area contributed by atoms with Crippen LogP contribution in [0.15, 0.2) is 54.9 Å². The summed E-state index contributed by atoms with van der Waals surface area (Å²) in [5.74, 6) is -1.00. The maximum absolute atomic E-state index is 11.0. The Balaban J connectivity index is 1.99. The largest absolute Gasteiger partial charge is 0.478 e. The molecule has 2 aromatic carbocycles. The highest BCUT2D eigenvalue weighted by Crippen LogP contribution is 2.27. The number of aromatic amines is 1. The van der Waals surface area contributed by atoms with Gasteiger partial charge in [0.15, 0.2) is 0 Å². The molecule has 0 unspecified atom stereocenters. The Labute approximate surface area is 126 Å². The standard InChI is InChI=1S/C17H14N2O3/c20-10-14-7-13(17(21)22)5-6-16(14)12-3-1-11(2-4-12)15-8-18-19-9-15/h1-9,20H,10H2,(H,18,19)(H,21,22). The van der Waals surface area contributed by atoms with E-state index in [9.17, 15) is 9.90 Å². The molecule has 0 saturated heterocycles. The number of aliphatic hydroxyl groups excluding tert-OH is 1. The number of aliphatic hydroxyl groups is 1. The molecule has 0 aliphatic heterocycles. The molecule has 1 heterocycles. The Morgan fingerprint density at radius 3 is 2.36 bits per heavy atom. The molecule has 0 amide bonds. The highest BCUT2D eigenvalue weighted by atomic mass is 16.4. The number of carboxylic acid groups (broad SMARTS) is 1. The van der Waals surface area contributed by atoms with Crippen LogP contribution < -0.4 is 0 Å². The minimum atomic E-state index is -1.00. The maximum atomic E-state index is 11.0. The van der Waals surface area contributed by atoms with Crippen molar-refractivity contribution < 1.29 is 15.0 Å². The van der Waals surface area contributed by atoms with E-state index in [1.807, 2.05) is 30.5 Å². The van der Waals surface area contributed by atoms with Gasteiger partial charge in [0.1, 0.15) is 0 Å². The second kappa shape index (κ2) is 5.83. The highest BCUT2D eigenvalue weighted by molar-refractivity contribution is 5.89. The molecule has 0 radical (unpaired) electrons. The van der Waals surface area contributed by atoms with Crippen molar-refractivity contribution in [2.24, 2.45) is 0 Å². The first kappa shape index (κ1) is 14.0. The molecule has 3 aromatic rings. The zero-order valence-corrected chi connectivity index (χ0v) is 11.7. The van der Waals surface area contributed by atoms with Crippen molar-refractivity contribution in [1.29, 1.82) is 0 Å². The highest BCUT2D eigenvalue weighted by Gasteiger charge is 2.10. The van der Waals surface area contributed by atoms with Crippen LogP contribution in [0.1, 0.15) is 15.9 Å². The van der Waals surface area contributed by atoms with Gasteiger partial charge >= 0.3 is 5.97 Å². The molecule has 22 heavy (non-hydrogen) atoms. The van der Waals surface area contributed by atoms with Crippen molar-refractivity contribution in [3.05, 3.63) is 66.0 Å². The van der Waals surface area contributed by atoms with Crippen LogP contribution in [0.3, 0.4) is 0 Å². The van der Waals surface area contributed by atoms with Crippen LogP contribution in [0.4, 0.5) is 0 Å². The number of H-pyrrole nitrogens is 1. The SMILES string of the molecule is O=C(O)c1ccc(-c2ccc(-c3cn[nH]c3)cc2)c(CO)c1. The zero-order valence-electron chi connectivity index (χ0n) is 11.7. The van der Waals surface area contributed by atoms with Gasteiger partial charge in [0.2, 0.25) is 0 Å². The molecule has 0 bridgehead atoms. The van der Waals surface area contributed by atoms with Gasteiger partial charge in [0.05, 0.1) is 18.4 Å². The molecular weight excluding hydrogens is 280 g/mol. The molecule has 0 aliphatic carbocycles. The number of carbonyl (C=O) groups is 1. The van der Waals surface area contributed by atoms with E-state index in [0.29, 0.717) is 5.56 Å². The summed E-state index contributed by atoms with van der Waals surface area (Å²) in [6.07, 6.45) is 3.56. The predicted octanol–water partition coefficient (Wildman–Crippen LogP) is 2.93. The number of hydrogen-bond donors (Lipinski definition) is 3. The summed E-state index contributed by atoms with van der Waals surface area (Å²) in [7, 11) is 0. The summed E-state index contributed by atoms with van der Waals surface area (Å²) in [6.45, 7) is -0.208. The van der Waals surface area contributed by atoms with Gasteiger partial charge in [-0.05, 0) is 34.4 Å².